The van der Waals surface area contributed by atoms with Crippen LogP contribution in [0.5, 0.6) is 0 Å². The summed E-state index contributed by atoms with van der Waals surface area (Å²) in [5.74, 6) is 1.14. The zero-order valence-corrected chi connectivity index (χ0v) is 14.4. The van der Waals surface area contributed by atoms with Crippen LogP contribution in [-0.4, -0.2) is 9.55 Å². The summed E-state index contributed by atoms with van der Waals surface area (Å²) in [5.41, 5.74) is 4.00. The third-order valence-corrected chi connectivity index (χ3v) is 4.36. The van der Waals surface area contributed by atoms with Crippen molar-refractivity contribution in [1.82, 2.24) is 9.55 Å². The van der Waals surface area contributed by atoms with Crippen LogP contribution in [0.4, 0.5) is 0 Å². The molecule has 0 saturated heterocycles. The number of rotatable bonds is 2. The van der Waals surface area contributed by atoms with Gasteiger partial charge in [0.15, 0.2) is 0 Å². The van der Waals surface area contributed by atoms with Gasteiger partial charge < -0.3 is 0 Å². The van der Waals surface area contributed by atoms with E-state index in [-0.39, 0.29) is 0 Å². The molecule has 0 aliphatic heterocycles. The summed E-state index contributed by atoms with van der Waals surface area (Å²) in [7, 11) is 0. The molecule has 5 heteroatoms. The Balaban J connectivity index is 2.34. The Hall–Kier alpha value is -0.780. The van der Waals surface area contributed by atoms with Gasteiger partial charge in [-0.15, -0.1) is 11.6 Å². The Kier molecular flexibility index (Phi) is 3.93. The fourth-order valence-electron chi connectivity index (χ4n) is 2.26. The van der Waals surface area contributed by atoms with Gasteiger partial charge in [0.1, 0.15) is 5.82 Å². The lowest BCUT2D eigenvalue weighted by molar-refractivity contribution is 0.981. The molecule has 0 bridgehead atoms. The Morgan fingerprint density at radius 3 is 2.70 bits per heavy atom. The van der Waals surface area contributed by atoms with E-state index in [1.54, 1.807) is 0 Å². The summed E-state index contributed by atoms with van der Waals surface area (Å²) in [6.07, 6.45) is 0. The largest absolute Gasteiger partial charge is 0.294 e. The molecular weight excluding hydrogens is 406 g/mol. The standard InChI is InChI=1S/C15H11Cl2IN2/c1-9-2-4-13(11(17)6-9)20-14-5-3-10(18)7-12(14)19-15(20)8-16/h2-7H,8H2,1H3. The molecule has 3 aromatic rings. The molecular formula is C15H11Cl2IN2. The van der Waals surface area contributed by atoms with E-state index >= 15 is 0 Å². The molecule has 0 atom stereocenters. The highest BCUT2D eigenvalue weighted by Gasteiger charge is 2.14. The number of aromatic nitrogens is 2. The molecule has 3 rings (SSSR count). The summed E-state index contributed by atoms with van der Waals surface area (Å²) >= 11 is 14.7. The van der Waals surface area contributed by atoms with Gasteiger partial charge in [-0.2, -0.15) is 0 Å². The van der Waals surface area contributed by atoms with E-state index in [1.165, 1.54) is 0 Å². The first-order valence-corrected chi connectivity index (χ1v) is 8.08. The third-order valence-electron chi connectivity index (χ3n) is 3.15. The van der Waals surface area contributed by atoms with Crippen molar-refractivity contribution in [2.45, 2.75) is 12.8 Å². The van der Waals surface area contributed by atoms with Crippen molar-refractivity contribution in [3.8, 4) is 5.69 Å². The van der Waals surface area contributed by atoms with Gasteiger partial charge in [0.2, 0.25) is 0 Å². The monoisotopic (exact) mass is 416 g/mol. The van der Waals surface area contributed by atoms with Crippen LogP contribution in [0.3, 0.4) is 0 Å². The molecule has 0 aliphatic carbocycles. The molecule has 0 fully saturated rings. The van der Waals surface area contributed by atoms with Crippen LogP contribution in [0.1, 0.15) is 11.4 Å². The zero-order chi connectivity index (χ0) is 14.3. The number of halogens is 3. The Morgan fingerprint density at radius 2 is 2.00 bits per heavy atom. The molecule has 1 heterocycles. The van der Waals surface area contributed by atoms with Gasteiger partial charge in [-0.1, -0.05) is 17.7 Å². The minimum Gasteiger partial charge on any atom is -0.294 e. The maximum Gasteiger partial charge on any atom is 0.129 e. The molecule has 2 aromatic carbocycles. The summed E-state index contributed by atoms with van der Waals surface area (Å²) in [4.78, 5) is 4.60. The van der Waals surface area contributed by atoms with E-state index in [9.17, 15) is 0 Å². The smallest absolute Gasteiger partial charge is 0.129 e. The summed E-state index contributed by atoms with van der Waals surface area (Å²) < 4.78 is 3.18. The van der Waals surface area contributed by atoms with Crippen molar-refractivity contribution < 1.29 is 0 Å². The second kappa shape index (κ2) is 5.54. The van der Waals surface area contributed by atoms with Gasteiger partial charge in [-0.25, -0.2) is 4.98 Å². The van der Waals surface area contributed by atoms with Crippen LogP contribution in [0.25, 0.3) is 16.7 Å². The van der Waals surface area contributed by atoms with Crippen molar-refractivity contribution in [3.63, 3.8) is 0 Å². The van der Waals surface area contributed by atoms with Crippen molar-refractivity contribution in [2.24, 2.45) is 0 Å². The number of benzene rings is 2. The predicted molar refractivity (Wildman–Crippen MR) is 93.1 cm³/mol. The Bertz CT molecular complexity index is 796. The van der Waals surface area contributed by atoms with E-state index in [0.717, 1.165) is 31.7 Å². The molecule has 0 radical (unpaired) electrons. The van der Waals surface area contributed by atoms with E-state index in [0.29, 0.717) is 10.9 Å². The number of fused-ring (bicyclic) bond motifs is 1. The summed E-state index contributed by atoms with van der Waals surface area (Å²) in [5, 5.41) is 0.703. The molecule has 1 aromatic heterocycles. The van der Waals surface area contributed by atoms with Gasteiger partial charge in [0, 0.05) is 3.57 Å². The predicted octanol–water partition coefficient (Wildman–Crippen LogP) is 5.33. The van der Waals surface area contributed by atoms with Gasteiger partial charge in [0.05, 0.1) is 27.6 Å². The average molecular weight is 417 g/mol. The molecule has 0 spiro atoms. The van der Waals surface area contributed by atoms with E-state index < -0.39 is 0 Å². The fourth-order valence-corrected chi connectivity index (χ4v) is 3.23. The zero-order valence-electron chi connectivity index (χ0n) is 10.7. The van der Waals surface area contributed by atoms with Crippen LogP contribution in [0.15, 0.2) is 36.4 Å². The third kappa shape index (κ3) is 2.43. The van der Waals surface area contributed by atoms with Gasteiger partial charge in [-0.3, -0.25) is 4.57 Å². The molecule has 0 saturated carbocycles. The van der Waals surface area contributed by atoms with Gasteiger partial charge in [-0.05, 0) is 65.4 Å². The lowest BCUT2D eigenvalue weighted by atomic mass is 10.2. The quantitative estimate of drug-likeness (QED) is 0.407. The number of hydrogen-bond acceptors (Lipinski definition) is 1. The second-order valence-corrected chi connectivity index (χ2v) is 6.51. The second-order valence-electron chi connectivity index (χ2n) is 4.58. The van der Waals surface area contributed by atoms with Crippen LogP contribution in [-0.2, 0) is 5.88 Å². The van der Waals surface area contributed by atoms with Gasteiger partial charge in [0.25, 0.3) is 0 Å². The number of alkyl halides is 1. The fraction of sp³-hybridized carbons (Fsp3) is 0.133. The van der Waals surface area contributed by atoms with Crippen molar-refractivity contribution in [2.75, 3.05) is 0 Å². The number of imidazole rings is 1. The highest BCUT2D eigenvalue weighted by atomic mass is 127. The first-order valence-electron chi connectivity index (χ1n) is 6.09. The highest BCUT2D eigenvalue weighted by Crippen LogP contribution is 2.29. The molecule has 0 amide bonds. The minimum absolute atomic E-state index is 0.343. The highest BCUT2D eigenvalue weighted by molar-refractivity contribution is 14.1. The molecule has 0 aliphatic rings. The molecule has 20 heavy (non-hydrogen) atoms. The van der Waals surface area contributed by atoms with Crippen molar-refractivity contribution in [3.05, 3.63) is 56.4 Å². The molecule has 2 nitrogen and oxygen atoms in total. The lowest BCUT2D eigenvalue weighted by Crippen LogP contribution is -2.00. The SMILES string of the molecule is Cc1ccc(-n2c(CCl)nc3cc(I)ccc32)c(Cl)c1. The summed E-state index contributed by atoms with van der Waals surface area (Å²) in [6.45, 7) is 2.02. The first kappa shape index (κ1) is 14.2. The first-order chi connectivity index (χ1) is 9.60. The van der Waals surface area contributed by atoms with E-state index in [2.05, 4.69) is 39.7 Å². The van der Waals surface area contributed by atoms with Crippen LogP contribution < -0.4 is 0 Å². The van der Waals surface area contributed by atoms with Crippen LogP contribution >= 0.6 is 45.8 Å². The van der Waals surface area contributed by atoms with Crippen molar-refractivity contribution >= 4 is 56.8 Å². The summed E-state index contributed by atoms with van der Waals surface area (Å²) in [6, 6.07) is 12.2. The van der Waals surface area contributed by atoms with E-state index in [4.69, 9.17) is 23.2 Å². The van der Waals surface area contributed by atoms with E-state index in [1.807, 2.05) is 35.8 Å². The van der Waals surface area contributed by atoms with Gasteiger partial charge >= 0.3 is 0 Å². The Labute approximate surface area is 140 Å². The molecule has 0 unspecified atom stereocenters. The minimum atomic E-state index is 0.343. The van der Waals surface area contributed by atoms with Crippen molar-refractivity contribution in [1.29, 1.82) is 0 Å². The maximum atomic E-state index is 6.39. The topological polar surface area (TPSA) is 17.8 Å². The normalized spacial score (nSPS) is 11.2. The average Bonchev–Trinajstić information content (AvgIpc) is 2.76. The number of nitrogens with zero attached hydrogens (tertiary/aromatic N) is 2. The molecule has 0 N–H and O–H groups in total. The lowest BCUT2D eigenvalue weighted by Gasteiger charge is -2.10. The van der Waals surface area contributed by atoms with Crippen LogP contribution in [0, 0.1) is 10.5 Å². The number of aryl methyl sites for hydroxylation is 1. The Morgan fingerprint density at radius 1 is 1.20 bits per heavy atom. The maximum absolute atomic E-state index is 6.39. The van der Waals surface area contributed by atoms with Crippen LogP contribution in [0.2, 0.25) is 5.02 Å². The number of hydrogen-bond donors (Lipinski definition) is 0. The molecule has 102 valence electrons.